The Kier molecular flexibility index (Phi) is 6.02. The molecule has 1 amide bonds. The maximum Gasteiger partial charge on any atom is 0.257 e. The molecular formula is C13H18BrNO2S. The van der Waals surface area contributed by atoms with Gasteiger partial charge in [-0.15, -0.1) is 0 Å². The van der Waals surface area contributed by atoms with Crippen molar-refractivity contribution in [3.63, 3.8) is 0 Å². The molecular weight excluding hydrogens is 314 g/mol. The highest BCUT2D eigenvalue weighted by Gasteiger charge is 2.21. The molecule has 3 nitrogen and oxygen atoms in total. The maximum atomic E-state index is 12.3. The van der Waals surface area contributed by atoms with E-state index in [2.05, 4.69) is 22.9 Å². The van der Waals surface area contributed by atoms with E-state index in [1.807, 2.05) is 6.26 Å². The molecule has 0 spiro atoms. The number of thioether (sulfide) groups is 1. The van der Waals surface area contributed by atoms with Crippen LogP contribution in [-0.2, 0) is 0 Å². The number of aromatic hydroxyl groups is 1. The number of halogens is 1. The predicted octanol–water partition coefficient (Wildman–Crippen LogP) is 3.37. The smallest absolute Gasteiger partial charge is 0.257 e. The molecule has 0 saturated heterocycles. The quantitative estimate of drug-likeness (QED) is 0.899. The number of phenols is 1. The third kappa shape index (κ3) is 3.65. The molecule has 0 radical (unpaired) electrons. The molecule has 0 saturated carbocycles. The molecule has 0 fully saturated rings. The van der Waals surface area contributed by atoms with Gasteiger partial charge in [-0.3, -0.25) is 4.79 Å². The van der Waals surface area contributed by atoms with Crippen LogP contribution in [0.1, 0.15) is 23.7 Å². The number of amides is 1. The minimum Gasteiger partial charge on any atom is -0.507 e. The fourth-order valence-electron chi connectivity index (χ4n) is 1.74. The van der Waals surface area contributed by atoms with Gasteiger partial charge in [-0.2, -0.15) is 11.8 Å². The molecule has 5 heteroatoms. The minimum absolute atomic E-state index is 0.0141. The van der Waals surface area contributed by atoms with Crippen LogP contribution in [-0.4, -0.2) is 41.0 Å². The van der Waals surface area contributed by atoms with Crippen LogP contribution in [0.15, 0.2) is 22.7 Å². The van der Waals surface area contributed by atoms with Crippen molar-refractivity contribution in [2.45, 2.75) is 19.4 Å². The van der Waals surface area contributed by atoms with Crippen molar-refractivity contribution >= 4 is 33.6 Å². The van der Waals surface area contributed by atoms with Crippen molar-refractivity contribution in [3.05, 3.63) is 28.2 Å². The van der Waals surface area contributed by atoms with E-state index in [-0.39, 0.29) is 17.7 Å². The molecule has 1 rings (SSSR count). The zero-order chi connectivity index (χ0) is 13.7. The zero-order valence-electron chi connectivity index (χ0n) is 10.8. The van der Waals surface area contributed by atoms with Gasteiger partial charge in [0.25, 0.3) is 5.91 Å². The Morgan fingerprint density at radius 2 is 2.22 bits per heavy atom. The van der Waals surface area contributed by atoms with E-state index in [0.717, 1.165) is 16.6 Å². The van der Waals surface area contributed by atoms with E-state index in [0.29, 0.717) is 5.56 Å². The van der Waals surface area contributed by atoms with Gasteiger partial charge in [0.1, 0.15) is 5.75 Å². The zero-order valence-corrected chi connectivity index (χ0v) is 13.2. The van der Waals surface area contributed by atoms with Gasteiger partial charge in [-0.1, -0.05) is 22.9 Å². The summed E-state index contributed by atoms with van der Waals surface area (Å²) in [5.74, 6) is 0.775. The first-order valence-corrected chi connectivity index (χ1v) is 7.94. The van der Waals surface area contributed by atoms with Crippen molar-refractivity contribution in [1.82, 2.24) is 4.90 Å². The molecule has 100 valence electrons. The lowest BCUT2D eigenvalue weighted by Crippen LogP contribution is -2.38. The Morgan fingerprint density at radius 1 is 1.56 bits per heavy atom. The van der Waals surface area contributed by atoms with E-state index in [1.54, 1.807) is 35.8 Å². The van der Waals surface area contributed by atoms with Gasteiger partial charge in [0, 0.05) is 23.3 Å². The highest BCUT2D eigenvalue weighted by atomic mass is 79.9. The minimum atomic E-state index is -0.138. The number of nitrogens with zero attached hydrogens (tertiary/aromatic N) is 1. The molecule has 1 unspecified atom stereocenters. The first-order chi connectivity index (χ1) is 8.51. The summed E-state index contributed by atoms with van der Waals surface area (Å²) in [6.07, 6.45) is 2.93. The summed E-state index contributed by atoms with van der Waals surface area (Å²) < 4.78 is 0.760. The summed E-state index contributed by atoms with van der Waals surface area (Å²) in [6, 6.07) is 5.13. The third-order valence-corrected chi connectivity index (χ3v) is 4.10. The van der Waals surface area contributed by atoms with Crippen LogP contribution in [0.4, 0.5) is 0 Å². The largest absolute Gasteiger partial charge is 0.507 e. The van der Waals surface area contributed by atoms with Gasteiger partial charge in [-0.05, 0) is 30.9 Å². The second kappa shape index (κ2) is 7.04. The van der Waals surface area contributed by atoms with E-state index in [9.17, 15) is 9.90 Å². The number of hydrogen-bond acceptors (Lipinski definition) is 3. The van der Waals surface area contributed by atoms with E-state index < -0.39 is 0 Å². The maximum absolute atomic E-state index is 12.3. The van der Waals surface area contributed by atoms with Crippen LogP contribution >= 0.6 is 27.7 Å². The number of hydrogen-bond donors (Lipinski definition) is 1. The van der Waals surface area contributed by atoms with Crippen LogP contribution in [0.3, 0.4) is 0 Å². The van der Waals surface area contributed by atoms with Crippen molar-refractivity contribution in [2.75, 3.05) is 19.1 Å². The average Bonchev–Trinajstić information content (AvgIpc) is 2.34. The highest BCUT2D eigenvalue weighted by Crippen LogP contribution is 2.24. The normalized spacial score (nSPS) is 12.2. The topological polar surface area (TPSA) is 40.5 Å². The highest BCUT2D eigenvalue weighted by molar-refractivity contribution is 9.10. The van der Waals surface area contributed by atoms with E-state index in [4.69, 9.17) is 0 Å². The molecule has 0 aliphatic rings. The third-order valence-electron chi connectivity index (χ3n) is 2.89. The fraction of sp³-hybridized carbons (Fsp3) is 0.462. The molecule has 0 aliphatic heterocycles. The van der Waals surface area contributed by atoms with Gasteiger partial charge in [0.15, 0.2) is 0 Å². The number of carbonyl (C=O) groups excluding carboxylic acids is 1. The molecule has 0 aromatic heterocycles. The average molecular weight is 332 g/mol. The molecule has 1 aromatic carbocycles. The lowest BCUT2D eigenvalue weighted by atomic mass is 10.1. The van der Waals surface area contributed by atoms with Crippen molar-refractivity contribution < 1.29 is 9.90 Å². The Morgan fingerprint density at radius 3 is 2.72 bits per heavy atom. The lowest BCUT2D eigenvalue weighted by Gasteiger charge is -2.27. The van der Waals surface area contributed by atoms with Gasteiger partial charge < -0.3 is 10.0 Å². The summed E-state index contributed by atoms with van der Waals surface area (Å²) in [5.41, 5.74) is 0.347. The Hall–Kier alpha value is -0.680. The predicted molar refractivity (Wildman–Crippen MR) is 80.4 cm³/mol. The molecule has 0 aliphatic carbocycles. The Labute approximate surface area is 121 Å². The molecule has 1 aromatic rings. The fourth-order valence-corrected chi connectivity index (χ4v) is 2.93. The number of benzene rings is 1. The Balaban J connectivity index is 2.91. The van der Waals surface area contributed by atoms with Gasteiger partial charge >= 0.3 is 0 Å². The van der Waals surface area contributed by atoms with E-state index in [1.165, 1.54) is 6.07 Å². The van der Waals surface area contributed by atoms with Crippen LogP contribution in [0, 0.1) is 0 Å². The molecule has 18 heavy (non-hydrogen) atoms. The molecule has 1 N–H and O–H groups in total. The van der Waals surface area contributed by atoms with Crippen molar-refractivity contribution in [1.29, 1.82) is 0 Å². The summed E-state index contributed by atoms with van der Waals surface area (Å²) >= 11 is 4.98. The summed E-state index contributed by atoms with van der Waals surface area (Å²) in [6.45, 7) is 2.06. The lowest BCUT2D eigenvalue weighted by molar-refractivity contribution is 0.0740. The number of carbonyl (C=O) groups is 1. The number of rotatable bonds is 5. The molecule has 0 bridgehead atoms. The molecule has 0 heterocycles. The van der Waals surface area contributed by atoms with Gasteiger partial charge in [0.2, 0.25) is 0 Å². The van der Waals surface area contributed by atoms with Crippen LogP contribution in [0.5, 0.6) is 5.75 Å². The van der Waals surface area contributed by atoms with Gasteiger partial charge in [0.05, 0.1) is 5.56 Å². The van der Waals surface area contributed by atoms with Crippen LogP contribution < -0.4 is 0 Å². The first kappa shape index (κ1) is 15.4. The summed E-state index contributed by atoms with van der Waals surface area (Å²) in [5, 5.41) is 9.81. The van der Waals surface area contributed by atoms with Gasteiger partial charge in [-0.25, -0.2) is 0 Å². The second-order valence-corrected chi connectivity index (χ2v) is 5.92. The molecule has 1 atom stereocenters. The van der Waals surface area contributed by atoms with Crippen molar-refractivity contribution in [2.24, 2.45) is 0 Å². The van der Waals surface area contributed by atoms with E-state index >= 15 is 0 Å². The van der Waals surface area contributed by atoms with Crippen LogP contribution in [0.2, 0.25) is 0 Å². The summed E-state index contributed by atoms with van der Waals surface area (Å²) in [4.78, 5) is 14.0. The Bertz CT molecular complexity index is 425. The van der Waals surface area contributed by atoms with Crippen LogP contribution in [0.25, 0.3) is 0 Å². The SMILES string of the molecule is CCC(CSC)N(C)C(=O)c1ccc(Br)cc1O. The first-order valence-electron chi connectivity index (χ1n) is 5.75. The summed E-state index contributed by atoms with van der Waals surface area (Å²) in [7, 11) is 1.79. The number of phenolic OH excluding ortho intramolecular Hbond substituents is 1. The monoisotopic (exact) mass is 331 g/mol. The standard InChI is InChI=1S/C13H18BrNO2S/c1-4-10(8-18-3)15(2)13(17)11-6-5-9(14)7-12(11)16/h5-7,10,16H,4,8H2,1-3H3. The van der Waals surface area contributed by atoms with Crippen molar-refractivity contribution in [3.8, 4) is 5.75 Å². The second-order valence-electron chi connectivity index (χ2n) is 4.09.